The normalized spacial score (nSPS) is 10.8. The lowest BCUT2D eigenvalue weighted by molar-refractivity contribution is 0.102. The first kappa shape index (κ1) is 15.6. The molecular weight excluding hydrogens is 336 g/mol. The topological polar surface area (TPSA) is 53.4 Å². The van der Waals surface area contributed by atoms with Crippen molar-refractivity contribution in [2.75, 3.05) is 14.2 Å². The summed E-state index contributed by atoms with van der Waals surface area (Å²) in [7, 11) is 3.06. The van der Waals surface area contributed by atoms with Crippen molar-refractivity contribution in [3.05, 3.63) is 40.1 Å². The van der Waals surface area contributed by atoms with Crippen LogP contribution in [0.25, 0.3) is 0 Å². The first-order chi connectivity index (χ1) is 10.0. The second-order valence-corrected chi connectivity index (χ2v) is 5.60. The van der Waals surface area contributed by atoms with Gasteiger partial charge in [-0.1, -0.05) is 6.07 Å². The zero-order valence-corrected chi connectivity index (χ0v) is 14.0. The molecular formula is C15H17BrN2O3. The quantitative estimate of drug-likeness (QED) is 0.773. The lowest BCUT2D eigenvalue weighted by Gasteiger charge is -2.14. The molecule has 0 aliphatic rings. The monoisotopic (exact) mass is 352 g/mol. The number of rotatable bonds is 5. The zero-order chi connectivity index (χ0) is 15.6. The standard InChI is InChI=1S/C15H17BrN2O3/c1-9(2)18-14(10(16)8-17-18)15(19)13-11(20-3)6-5-7-12(13)21-4/h5-9H,1-4H3. The van der Waals surface area contributed by atoms with Gasteiger partial charge in [0.2, 0.25) is 5.78 Å². The average molecular weight is 353 g/mol. The molecule has 0 bridgehead atoms. The van der Waals surface area contributed by atoms with Crippen LogP contribution < -0.4 is 9.47 Å². The fraction of sp³-hybridized carbons (Fsp3) is 0.333. The molecule has 6 heteroatoms. The Morgan fingerprint density at radius 1 is 1.24 bits per heavy atom. The third-order valence-corrected chi connectivity index (χ3v) is 3.69. The Labute approximate surface area is 132 Å². The molecule has 112 valence electrons. The maximum atomic E-state index is 13.0. The predicted octanol–water partition coefficient (Wildman–Crippen LogP) is 3.47. The van der Waals surface area contributed by atoms with Crippen LogP contribution in [0.15, 0.2) is 28.9 Å². The van der Waals surface area contributed by atoms with Gasteiger partial charge in [0.05, 0.1) is 24.9 Å². The van der Waals surface area contributed by atoms with Crippen LogP contribution in [0.1, 0.15) is 35.9 Å². The lowest BCUT2D eigenvalue weighted by atomic mass is 10.1. The van der Waals surface area contributed by atoms with Gasteiger partial charge in [-0.05, 0) is 41.9 Å². The smallest absolute Gasteiger partial charge is 0.219 e. The van der Waals surface area contributed by atoms with Gasteiger partial charge in [-0.2, -0.15) is 5.10 Å². The van der Waals surface area contributed by atoms with E-state index < -0.39 is 0 Å². The van der Waals surface area contributed by atoms with E-state index in [4.69, 9.17) is 9.47 Å². The molecule has 0 atom stereocenters. The summed E-state index contributed by atoms with van der Waals surface area (Å²) in [6, 6.07) is 5.32. The number of nitrogens with zero attached hydrogens (tertiary/aromatic N) is 2. The number of methoxy groups -OCH3 is 2. The number of hydrogen-bond donors (Lipinski definition) is 0. The number of benzene rings is 1. The molecule has 1 aromatic carbocycles. The number of halogens is 1. The molecule has 0 spiro atoms. The molecule has 0 radical (unpaired) electrons. The Balaban J connectivity index is 2.63. The molecule has 0 fully saturated rings. The van der Waals surface area contributed by atoms with Gasteiger partial charge in [-0.25, -0.2) is 0 Å². The lowest BCUT2D eigenvalue weighted by Crippen LogP contribution is -2.15. The van der Waals surface area contributed by atoms with Crippen LogP contribution >= 0.6 is 15.9 Å². The van der Waals surface area contributed by atoms with Crippen molar-refractivity contribution in [2.45, 2.75) is 19.9 Å². The fourth-order valence-electron chi connectivity index (χ4n) is 2.14. The van der Waals surface area contributed by atoms with Gasteiger partial charge >= 0.3 is 0 Å². The molecule has 1 heterocycles. The molecule has 2 aromatic rings. The first-order valence-electron chi connectivity index (χ1n) is 6.50. The highest BCUT2D eigenvalue weighted by atomic mass is 79.9. The Hall–Kier alpha value is -1.82. The Morgan fingerprint density at radius 3 is 2.29 bits per heavy atom. The van der Waals surface area contributed by atoms with Gasteiger partial charge in [0.25, 0.3) is 0 Å². The molecule has 0 unspecified atom stereocenters. The summed E-state index contributed by atoms with van der Waals surface area (Å²) in [5.74, 6) is 0.757. The number of aromatic nitrogens is 2. The molecule has 0 amide bonds. The third kappa shape index (κ3) is 2.81. The van der Waals surface area contributed by atoms with Crippen LogP contribution in [0.4, 0.5) is 0 Å². The molecule has 0 aliphatic heterocycles. The minimum Gasteiger partial charge on any atom is -0.496 e. The van der Waals surface area contributed by atoms with Crippen molar-refractivity contribution in [3.63, 3.8) is 0 Å². The predicted molar refractivity (Wildman–Crippen MR) is 83.3 cm³/mol. The second kappa shape index (κ2) is 6.30. The summed E-state index contributed by atoms with van der Waals surface area (Å²) >= 11 is 3.39. The Bertz CT molecular complexity index is 643. The number of hydrogen-bond acceptors (Lipinski definition) is 4. The van der Waals surface area contributed by atoms with E-state index in [0.29, 0.717) is 27.2 Å². The Morgan fingerprint density at radius 2 is 1.81 bits per heavy atom. The zero-order valence-electron chi connectivity index (χ0n) is 12.4. The van der Waals surface area contributed by atoms with Crippen molar-refractivity contribution >= 4 is 21.7 Å². The minimum atomic E-state index is -0.192. The van der Waals surface area contributed by atoms with E-state index in [1.54, 1.807) is 29.1 Å². The van der Waals surface area contributed by atoms with E-state index in [2.05, 4.69) is 21.0 Å². The summed E-state index contributed by atoms with van der Waals surface area (Å²) in [6.45, 7) is 3.94. The van der Waals surface area contributed by atoms with Crippen LogP contribution in [0, 0.1) is 0 Å². The highest BCUT2D eigenvalue weighted by Gasteiger charge is 2.26. The van der Waals surface area contributed by atoms with Crippen molar-refractivity contribution in [3.8, 4) is 11.5 Å². The van der Waals surface area contributed by atoms with E-state index in [0.717, 1.165) is 0 Å². The molecule has 1 aromatic heterocycles. The van der Waals surface area contributed by atoms with E-state index in [1.165, 1.54) is 14.2 Å². The molecule has 21 heavy (non-hydrogen) atoms. The van der Waals surface area contributed by atoms with Crippen molar-refractivity contribution in [2.24, 2.45) is 0 Å². The molecule has 0 saturated carbocycles. The van der Waals surface area contributed by atoms with Gasteiger partial charge < -0.3 is 9.47 Å². The first-order valence-corrected chi connectivity index (χ1v) is 7.29. The highest BCUT2D eigenvalue weighted by Crippen LogP contribution is 2.33. The maximum Gasteiger partial charge on any atom is 0.219 e. The van der Waals surface area contributed by atoms with E-state index in [1.807, 2.05) is 13.8 Å². The van der Waals surface area contributed by atoms with Crippen LogP contribution in [-0.4, -0.2) is 29.8 Å². The molecule has 2 rings (SSSR count). The summed E-state index contributed by atoms with van der Waals surface area (Å²) < 4.78 is 12.9. The van der Waals surface area contributed by atoms with Gasteiger partial charge in [-0.15, -0.1) is 0 Å². The summed E-state index contributed by atoms with van der Waals surface area (Å²) in [4.78, 5) is 13.0. The maximum absolute atomic E-state index is 13.0. The Kier molecular flexibility index (Phi) is 4.67. The van der Waals surface area contributed by atoms with Crippen LogP contribution in [0.3, 0.4) is 0 Å². The summed E-state index contributed by atoms with van der Waals surface area (Å²) in [5, 5.41) is 4.24. The van der Waals surface area contributed by atoms with Crippen molar-refractivity contribution in [1.29, 1.82) is 0 Å². The fourth-order valence-corrected chi connectivity index (χ4v) is 2.59. The number of ether oxygens (including phenoxy) is 2. The van der Waals surface area contributed by atoms with Gasteiger partial charge in [0, 0.05) is 6.04 Å². The van der Waals surface area contributed by atoms with E-state index in [9.17, 15) is 4.79 Å². The molecule has 5 nitrogen and oxygen atoms in total. The number of carbonyl (C=O) groups is 1. The van der Waals surface area contributed by atoms with E-state index >= 15 is 0 Å². The van der Waals surface area contributed by atoms with Crippen LogP contribution in [-0.2, 0) is 0 Å². The number of ketones is 1. The van der Waals surface area contributed by atoms with Crippen LogP contribution in [0.5, 0.6) is 11.5 Å². The molecule has 0 saturated heterocycles. The van der Waals surface area contributed by atoms with Gasteiger partial charge in [-0.3, -0.25) is 9.48 Å². The van der Waals surface area contributed by atoms with Gasteiger partial charge in [0.1, 0.15) is 22.8 Å². The number of carbonyl (C=O) groups excluding carboxylic acids is 1. The highest BCUT2D eigenvalue weighted by molar-refractivity contribution is 9.10. The third-order valence-electron chi connectivity index (χ3n) is 3.11. The SMILES string of the molecule is COc1cccc(OC)c1C(=O)c1c(Br)cnn1C(C)C. The minimum absolute atomic E-state index is 0.0657. The largest absolute Gasteiger partial charge is 0.496 e. The van der Waals surface area contributed by atoms with Crippen molar-refractivity contribution < 1.29 is 14.3 Å². The second-order valence-electron chi connectivity index (χ2n) is 4.75. The van der Waals surface area contributed by atoms with Crippen LogP contribution in [0.2, 0.25) is 0 Å². The van der Waals surface area contributed by atoms with Gasteiger partial charge in [0.15, 0.2) is 0 Å². The van der Waals surface area contributed by atoms with Crippen molar-refractivity contribution in [1.82, 2.24) is 9.78 Å². The summed E-state index contributed by atoms with van der Waals surface area (Å²) in [5.41, 5.74) is 0.874. The van der Waals surface area contributed by atoms with E-state index in [-0.39, 0.29) is 11.8 Å². The molecule has 0 N–H and O–H groups in total. The average Bonchev–Trinajstić information content (AvgIpc) is 2.87. The molecule has 0 aliphatic carbocycles. The summed E-state index contributed by atoms with van der Waals surface area (Å²) in [6.07, 6.45) is 1.62.